The van der Waals surface area contributed by atoms with Crippen LogP contribution < -0.4 is 9.64 Å². The van der Waals surface area contributed by atoms with E-state index >= 15 is 0 Å². The second kappa shape index (κ2) is 5.73. The van der Waals surface area contributed by atoms with Gasteiger partial charge in [0.05, 0.1) is 12.4 Å². The number of rotatable bonds is 4. The molecular formula is C17H17N7O. The first-order valence-corrected chi connectivity index (χ1v) is 8.35. The molecule has 5 heterocycles. The van der Waals surface area contributed by atoms with Crippen LogP contribution in [0.5, 0.6) is 5.75 Å². The third-order valence-corrected chi connectivity index (χ3v) is 4.66. The molecule has 1 fully saturated rings. The predicted molar refractivity (Wildman–Crippen MR) is 92.7 cm³/mol. The van der Waals surface area contributed by atoms with E-state index in [1.807, 2.05) is 28.9 Å². The molecule has 0 spiro atoms. The van der Waals surface area contributed by atoms with E-state index < -0.39 is 0 Å². The predicted octanol–water partition coefficient (Wildman–Crippen LogP) is 2.05. The summed E-state index contributed by atoms with van der Waals surface area (Å²) < 4.78 is 8.07. The number of aromatic amines is 1. The van der Waals surface area contributed by atoms with Crippen molar-refractivity contribution in [2.75, 3.05) is 18.1 Å². The Bertz CT molecular complexity index is 1020. The average Bonchev–Trinajstić information content (AvgIpc) is 3.38. The second-order valence-electron chi connectivity index (χ2n) is 6.13. The first-order valence-electron chi connectivity index (χ1n) is 8.35. The Morgan fingerprint density at radius 1 is 1.20 bits per heavy atom. The molecule has 1 N–H and O–H groups in total. The minimum atomic E-state index is 0.255. The highest BCUT2D eigenvalue weighted by atomic mass is 16.5. The molecule has 0 bridgehead atoms. The minimum Gasteiger partial charge on any atom is -0.488 e. The standard InChI is InChI=1S/C17H17N7O/c1-3-12(9-25-13-4-2-6-23-8-5-18-16(13)23)24(7-1)17-14-15(20-10-19-14)21-11-22-17/h2,4-6,8,10-12H,1,3,7,9H2,(H,19,20,21,22)/t12-/m1/s1. The van der Waals surface area contributed by atoms with E-state index in [-0.39, 0.29) is 6.04 Å². The van der Waals surface area contributed by atoms with Crippen molar-refractivity contribution in [3.63, 3.8) is 0 Å². The van der Waals surface area contributed by atoms with E-state index in [1.54, 1.807) is 18.9 Å². The number of hydrogen-bond donors (Lipinski definition) is 1. The lowest BCUT2D eigenvalue weighted by Gasteiger charge is -2.25. The molecule has 4 aromatic heterocycles. The van der Waals surface area contributed by atoms with Gasteiger partial charge in [0.15, 0.2) is 22.9 Å². The number of nitrogens with zero attached hydrogens (tertiary/aromatic N) is 6. The number of ether oxygens (including phenoxy) is 1. The number of fused-ring (bicyclic) bond motifs is 2. The summed E-state index contributed by atoms with van der Waals surface area (Å²) in [4.78, 5) is 22.7. The highest BCUT2D eigenvalue weighted by Gasteiger charge is 2.28. The first kappa shape index (κ1) is 14.2. The van der Waals surface area contributed by atoms with Crippen molar-refractivity contribution in [1.82, 2.24) is 29.3 Å². The smallest absolute Gasteiger partial charge is 0.179 e. The van der Waals surface area contributed by atoms with Crippen molar-refractivity contribution in [3.05, 3.63) is 43.4 Å². The molecule has 0 aromatic carbocycles. The van der Waals surface area contributed by atoms with Gasteiger partial charge < -0.3 is 19.0 Å². The molecule has 0 amide bonds. The van der Waals surface area contributed by atoms with Crippen molar-refractivity contribution in [2.24, 2.45) is 0 Å². The number of anilines is 1. The van der Waals surface area contributed by atoms with Crippen molar-refractivity contribution < 1.29 is 4.74 Å². The molecular weight excluding hydrogens is 318 g/mol. The lowest BCUT2D eigenvalue weighted by Crippen LogP contribution is -2.35. The third kappa shape index (κ3) is 2.37. The van der Waals surface area contributed by atoms with E-state index in [9.17, 15) is 0 Å². The fourth-order valence-electron chi connectivity index (χ4n) is 3.47. The fraction of sp³-hybridized carbons (Fsp3) is 0.294. The molecule has 1 aliphatic rings. The van der Waals surface area contributed by atoms with Crippen LogP contribution in [0.2, 0.25) is 0 Å². The molecule has 0 aliphatic carbocycles. The maximum Gasteiger partial charge on any atom is 0.179 e. The molecule has 8 heteroatoms. The van der Waals surface area contributed by atoms with E-state index in [4.69, 9.17) is 4.74 Å². The number of pyridine rings is 1. The zero-order valence-corrected chi connectivity index (χ0v) is 13.5. The van der Waals surface area contributed by atoms with Gasteiger partial charge in [-0.2, -0.15) is 0 Å². The van der Waals surface area contributed by atoms with Crippen LogP contribution in [0.25, 0.3) is 16.8 Å². The van der Waals surface area contributed by atoms with Crippen LogP contribution in [-0.4, -0.2) is 48.5 Å². The van der Waals surface area contributed by atoms with Crippen LogP contribution in [0, 0.1) is 0 Å². The SMILES string of the molecule is c1cc(OC[C@H]2CCCN2c2ncnc3[nH]cnc23)c2nccn2c1. The van der Waals surface area contributed by atoms with Crippen LogP contribution >= 0.6 is 0 Å². The maximum absolute atomic E-state index is 6.11. The Morgan fingerprint density at radius 3 is 3.20 bits per heavy atom. The summed E-state index contributed by atoms with van der Waals surface area (Å²) in [6.45, 7) is 1.53. The monoisotopic (exact) mass is 335 g/mol. The number of imidazole rings is 2. The Kier molecular flexibility index (Phi) is 3.26. The molecule has 25 heavy (non-hydrogen) atoms. The van der Waals surface area contributed by atoms with Crippen LogP contribution in [0.15, 0.2) is 43.4 Å². The van der Waals surface area contributed by atoms with Crippen molar-refractivity contribution in [3.8, 4) is 5.75 Å². The van der Waals surface area contributed by atoms with E-state index in [0.717, 1.165) is 47.8 Å². The van der Waals surface area contributed by atoms with Gasteiger partial charge in [-0.05, 0) is 25.0 Å². The van der Waals surface area contributed by atoms with Gasteiger partial charge in [0, 0.05) is 25.1 Å². The summed E-state index contributed by atoms with van der Waals surface area (Å²) in [6.07, 6.45) is 11.1. The number of hydrogen-bond acceptors (Lipinski definition) is 6. The summed E-state index contributed by atoms with van der Waals surface area (Å²) in [6, 6.07) is 4.18. The van der Waals surface area contributed by atoms with Gasteiger partial charge >= 0.3 is 0 Å². The van der Waals surface area contributed by atoms with Crippen LogP contribution in [0.4, 0.5) is 5.82 Å². The van der Waals surface area contributed by atoms with Crippen LogP contribution in [-0.2, 0) is 0 Å². The van der Waals surface area contributed by atoms with Gasteiger partial charge in [-0.15, -0.1) is 0 Å². The maximum atomic E-state index is 6.11. The summed E-state index contributed by atoms with van der Waals surface area (Å²) in [5.41, 5.74) is 2.41. The molecule has 1 saturated heterocycles. The van der Waals surface area contributed by atoms with E-state index in [2.05, 4.69) is 29.8 Å². The molecule has 0 radical (unpaired) electrons. The normalized spacial score (nSPS) is 17.6. The quantitative estimate of drug-likeness (QED) is 0.614. The topological polar surface area (TPSA) is 84.2 Å². The molecule has 8 nitrogen and oxygen atoms in total. The summed E-state index contributed by atoms with van der Waals surface area (Å²) in [7, 11) is 0. The Balaban J connectivity index is 1.40. The van der Waals surface area contributed by atoms with Crippen LogP contribution in [0.1, 0.15) is 12.8 Å². The molecule has 1 aliphatic heterocycles. The Labute approximate surface area is 143 Å². The largest absolute Gasteiger partial charge is 0.488 e. The second-order valence-corrected chi connectivity index (χ2v) is 6.13. The van der Waals surface area contributed by atoms with Crippen molar-refractivity contribution >= 4 is 22.6 Å². The van der Waals surface area contributed by atoms with Gasteiger partial charge in [0.2, 0.25) is 0 Å². The Morgan fingerprint density at radius 2 is 2.20 bits per heavy atom. The molecule has 1 atom stereocenters. The lowest BCUT2D eigenvalue weighted by molar-refractivity contribution is 0.290. The first-order chi connectivity index (χ1) is 12.4. The lowest BCUT2D eigenvalue weighted by atomic mass is 10.2. The van der Waals surface area contributed by atoms with Gasteiger partial charge in [0.1, 0.15) is 18.5 Å². The molecule has 0 saturated carbocycles. The number of H-pyrrole nitrogens is 1. The zero-order valence-electron chi connectivity index (χ0n) is 13.5. The molecule has 0 unspecified atom stereocenters. The van der Waals surface area contributed by atoms with Gasteiger partial charge in [0.25, 0.3) is 0 Å². The fourth-order valence-corrected chi connectivity index (χ4v) is 3.47. The van der Waals surface area contributed by atoms with Gasteiger partial charge in [-0.1, -0.05) is 0 Å². The van der Waals surface area contributed by atoms with Crippen molar-refractivity contribution in [2.45, 2.75) is 18.9 Å². The van der Waals surface area contributed by atoms with E-state index in [1.165, 1.54) is 0 Å². The van der Waals surface area contributed by atoms with Crippen LogP contribution in [0.3, 0.4) is 0 Å². The van der Waals surface area contributed by atoms with Gasteiger partial charge in [-0.3, -0.25) is 0 Å². The summed E-state index contributed by atoms with van der Waals surface area (Å²) in [5.74, 6) is 1.67. The third-order valence-electron chi connectivity index (χ3n) is 4.66. The molecule has 126 valence electrons. The van der Waals surface area contributed by atoms with Gasteiger partial charge in [-0.25, -0.2) is 19.9 Å². The van der Waals surface area contributed by atoms with Crippen molar-refractivity contribution in [1.29, 1.82) is 0 Å². The summed E-state index contributed by atoms with van der Waals surface area (Å²) in [5, 5.41) is 0. The highest BCUT2D eigenvalue weighted by Crippen LogP contribution is 2.28. The number of aromatic nitrogens is 6. The van der Waals surface area contributed by atoms with E-state index in [0.29, 0.717) is 6.61 Å². The zero-order chi connectivity index (χ0) is 16.6. The average molecular weight is 335 g/mol. The molecule has 4 aromatic rings. The highest BCUT2D eigenvalue weighted by molar-refractivity contribution is 5.83. The molecule has 5 rings (SSSR count). The summed E-state index contributed by atoms with van der Waals surface area (Å²) >= 11 is 0. The number of nitrogens with one attached hydrogen (secondary N) is 1. The Hall–Kier alpha value is -3.16. The minimum absolute atomic E-state index is 0.255.